The lowest BCUT2D eigenvalue weighted by atomic mass is 10.0. The number of nitrogens with zero attached hydrogens (tertiary/aromatic N) is 3. The Morgan fingerprint density at radius 1 is 1.02 bits per heavy atom. The molecule has 8 nitrogen and oxygen atoms in total. The summed E-state index contributed by atoms with van der Waals surface area (Å²) in [5, 5.41) is 12.8. The zero-order valence-corrected chi connectivity index (χ0v) is 22.3. The molecule has 0 spiro atoms. The summed E-state index contributed by atoms with van der Waals surface area (Å²) in [5.74, 6) is 0.409. The van der Waals surface area contributed by atoms with Gasteiger partial charge in [0.25, 0.3) is 0 Å². The van der Waals surface area contributed by atoms with Crippen molar-refractivity contribution in [3.8, 4) is 22.8 Å². The molecule has 0 aliphatic heterocycles. The molecule has 1 aromatic heterocycles. The Balaban J connectivity index is 1.29. The van der Waals surface area contributed by atoms with E-state index < -0.39 is 12.4 Å². The van der Waals surface area contributed by atoms with Crippen LogP contribution in [0.15, 0.2) is 85.3 Å². The molecule has 12 heteroatoms. The number of aromatic nitrogens is 3. The lowest BCUT2D eigenvalue weighted by Gasteiger charge is -2.15. The normalized spacial score (nSPS) is 11.4. The van der Waals surface area contributed by atoms with Crippen molar-refractivity contribution >= 4 is 35.1 Å². The molecule has 0 atom stereocenters. The molecule has 4 rings (SSSR count). The predicted octanol–water partition coefficient (Wildman–Crippen LogP) is 6.62. The number of hydrogen-bond donors (Lipinski definition) is 3. The van der Waals surface area contributed by atoms with Gasteiger partial charge >= 0.3 is 12.4 Å². The first-order chi connectivity index (χ1) is 19.1. The van der Waals surface area contributed by atoms with Crippen LogP contribution in [0.1, 0.15) is 30.9 Å². The molecule has 3 aromatic carbocycles. The molecule has 0 unspecified atom stereocenters. The number of hydrogen-bond acceptors (Lipinski definition) is 5. The van der Waals surface area contributed by atoms with Crippen LogP contribution in [0.4, 0.5) is 23.7 Å². The van der Waals surface area contributed by atoms with Gasteiger partial charge in [-0.15, -0.1) is 18.3 Å². The summed E-state index contributed by atoms with van der Waals surface area (Å²) in [7, 11) is 0. The number of para-hydroxylation sites is 1. The Labute approximate surface area is 233 Å². The molecular formula is C28H25F3N6O2S. The highest BCUT2D eigenvalue weighted by Crippen LogP contribution is 2.25. The standard InChI is InChI=1S/C28H25F3N6O2S/c1-18(2)23-5-3-4-6-24(23)34-27(40)35-26(38)32-16-15-19-7-9-20(10-8-19)25-33-17-37(36-25)21-11-13-22(14-12-21)39-28(29,30)31/h3-18H,1-2H3,(H3,32,34,35,38,40)/b16-15+. The third kappa shape index (κ3) is 7.90. The summed E-state index contributed by atoms with van der Waals surface area (Å²) in [5.41, 5.74) is 4.00. The molecule has 2 amide bonds. The monoisotopic (exact) mass is 566 g/mol. The van der Waals surface area contributed by atoms with Gasteiger partial charge in [0.1, 0.15) is 12.1 Å². The summed E-state index contributed by atoms with van der Waals surface area (Å²) >= 11 is 5.25. The number of carbonyl (C=O) groups is 1. The number of amides is 2. The molecule has 0 aliphatic rings. The number of alkyl halides is 3. The predicted molar refractivity (Wildman–Crippen MR) is 151 cm³/mol. The maximum absolute atomic E-state index is 12.4. The highest BCUT2D eigenvalue weighted by atomic mass is 32.1. The van der Waals surface area contributed by atoms with Gasteiger partial charge in [0.15, 0.2) is 10.9 Å². The average Bonchev–Trinajstić information content (AvgIpc) is 3.39. The van der Waals surface area contributed by atoms with Crippen molar-refractivity contribution in [1.82, 2.24) is 25.4 Å². The number of halogens is 3. The third-order valence-electron chi connectivity index (χ3n) is 5.54. The molecule has 1 heterocycles. The number of ether oxygens (including phenoxy) is 1. The van der Waals surface area contributed by atoms with E-state index in [9.17, 15) is 18.0 Å². The van der Waals surface area contributed by atoms with Gasteiger partial charge in [-0.05, 0) is 65.7 Å². The van der Waals surface area contributed by atoms with E-state index >= 15 is 0 Å². The molecule has 0 saturated carbocycles. The van der Waals surface area contributed by atoms with Crippen LogP contribution in [0.2, 0.25) is 0 Å². The van der Waals surface area contributed by atoms with Crippen LogP contribution in [0.3, 0.4) is 0 Å². The number of benzene rings is 3. The molecule has 3 N–H and O–H groups in total. The number of thiocarbonyl (C=S) groups is 1. The van der Waals surface area contributed by atoms with Gasteiger partial charge in [0.05, 0.1) is 5.69 Å². The van der Waals surface area contributed by atoms with Gasteiger partial charge in [0, 0.05) is 17.5 Å². The second-order valence-electron chi connectivity index (χ2n) is 8.80. The van der Waals surface area contributed by atoms with Crippen LogP contribution in [0.25, 0.3) is 23.2 Å². The molecular weight excluding hydrogens is 541 g/mol. The average molecular weight is 567 g/mol. The fourth-order valence-corrected chi connectivity index (χ4v) is 3.89. The van der Waals surface area contributed by atoms with Crippen molar-refractivity contribution in [2.24, 2.45) is 0 Å². The topological polar surface area (TPSA) is 93.1 Å². The van der Waals surface area contributed by atoms with E-state index in [1.54, 1.807) is 6.08 Å². The molecule has 0 fully saturated rings. The van der Waals surface area contributed by atoms with E-state index in [4.69, 9.17) is 12.2 Å². The Kier molecular flexibility index (Phi) is 8.80. The Morgan fingerprint density at radius 3 is 2.40 bits per heavy atom. The van der Waals surface area contributed by atoms with Crippen LogP contribution in [-0.2, 0) is 0 Å². The number of rotatable bonds is 7. The SMILES string of the molecule is CC(C)c1ccccc1NC(=S)NC(=O)N/C=C/c1ccc(-c2ncn(-c3ccc(OC(F)(F)F)cc3)n2)cc1. The number of carbonyl (C=O) groups excluding carboxylic acids is 1. The van der Waals surface area contributed by atoms with Crippen LogP contribution in [0.5, 0.6) is 5.75 Å². The van der Waals surface area contributed by atoms with Gasteiger partial charge in [-0.2, -0.15) is 0 Å². The van der Waals surface area contributed by atoms with E-state index in [2.05, 4.69) is 44.6 Å². The molecule has 40 heavy (non-hydrogen) atoms. The Morgan fingerprint density at radius 2 is 1.73 bits per heavy atom. The first-order valence-corrected chi connectivity index (χ1v) is 12.5. The number of anilines is 1. The zero-order chi connectivity index (χ0) is 28.7. The second kappa shape index (κ2) is 12.4. The van der Waals surface area contributed by atoms with Crippen molar-refractivity contribution in [1.29, 1.82) is 0 Å². The smallest absolute Gasteiger partial charge is 0.406 e. The van der Waals surface area contributed by atoms with Crippen molar-refractivity contribution < 1.29 is 22.7 Å². The van der Waals surface area contributed by atoms with Crippen LogP contribution in [-0.4, -0.2) is 32.3 Å². The van der Waals surface area contributed by atoms with Crippen molar-refractivity contribution in [3.05, 3.63) is 96.5 Å². The molecule has 0 bridgehead atoms. The fourth-order valence-electron chi connectivity index (χ4n) is 3.68. The molecule has 206 valence electrons. The minimum absolute atomic E-state index is 0.181. The first-order valence-electron chi connectivity index (χ1n) is 12.1. The summed E-state index contributed by atoms with van der Waals surface area (Å²) in [6.07, 6.45) is -0.0815. The van der Waals surface area contributed by atoms with Gasteiger partial charge < -0.3 is 15.4 Å². The van der Waals surface area contributed by atoms with E-state index in [0.717, 1.165) is 22.4 Å². The number of nitrogens with one attached hydrogen (secondary N) is 3. The molecule has 0 aliphatic carbocycles. The fraction of sp³-hybridized carbons (Fsp3) is 0.143. The minimum Gasteiger partial charge on any atom is -0.406 e. The largest absolute Gasteiger partial charge is 0.573 e. The minimum atomic E-state index is -4.75. The summed E-state index contributed by atoms with van der Waals surface area (Å²) in [6.45, 7) is 4.15. The second-order valence-corrected chi connectivity index (χ2v) is 9.21. The highest BCUT2D eigenvalue weighted by molar-refractivity contribution is 7.80. The molecule has 0 radical (unpaired) electrons. The highest BCUT2D eigenvalue weighted by Gasteiger charge is 2.31. The Hall–Kier alpha value is -4.71. The molecule has 0 saturated heterocycles. The zero-order valence-electron chi connectivity index (χ0n) is 21.4. The Bertz CT molecular complexity index is 1500. The number of urea groups is 1. The first kappa shape index (κ1) is 28.3. The van der Waals surface area contributed by atoms with Gasteiger partial charge in [-0.1, -0.05) is 56.3 Å². The van der Waals surface area contributed by atoms with Gasteiger partial charge in [0.2, 0.25) is 0 Å². The maximum atomic E-state index is 12.4. The summed E-state index contributed by atoms with van der Waals surface area (Å²) < 4.78 is 42.4. The van der Waals surface area contributed by atoms with E-state index in [0.29, 0.717) is 17.4 Å². The van der Waals surface area contributed by atoms with Crippen molar-refractivity contribution in [2.45, 2.75) is 26.1 Å². The van der Waals surface area contributed by atoms with Gasteiger partial charge in [-0.25, -0.2) is 14.5 Å². The van der Waals surface area contributed by atoms with E-state index in [1.807, 2.05) is 48.5 Å². The maximum Gasteiger partial charge on any atom is 0.573 e. The van der Waals surface area contributed by atoms with Crippen LogP contribution < -0.4 is 20.7 Å². The third-order valence-corrected chi connectivity index (χ3v) is 5.75. The van der Waals surface area contributed by atoms with E-state index in [1.165, 1.54) is 41.5 Å². The van der Waals surface area contributed by atoms with Gasteiger partial charge in [-0.3, -0.25) is 5.32 Å². The van der Waals surface area contributed by atoms with E-state index in [-0.39, 0.29) is 10.9 Å². The summed E-state index contributed by atoms with van der Waals surface area (Å²) in [4.78, 5) is 16.5. The van der Waals surface area contributed by atoms with Crippen molar-refractivity contribution in [3.63, 3.8) is 0 Å². The molecule has 4 aromatic rings. The van der Waals surface area contributed by atoms with Crippen LogP contribution in [0, 0.1) is 0 Å². The quantitative estimate of drug-likeness (QED) is 0.218. The van der Waals surface area contributed by atoms with Crippen LogP contribution >= 0.6 is 12.2 Å². The lowest BCUT2D eigenvalue weighted by Crippen LogP contribution is -2.39. The lowest BCUT2D eigenvalue weighted by molar-refractivity contribution is -0.274. The van der Waals surface area contributed by atoms with Crippen molar-refractivity contribution in [2.75, 3.05) is 5.32 Å². The summed E-state index contributed by atoms with van der Waals surface area (Å²) in [6, 6.07) is 19.8.